The number of aromatic amines is 1. The Morgan fingerprint density at radius 1 is 1.40 bits per heavy atom. The van der Waals surface area contributed by atoms with Gasteiger partial charge in [-0.2, -0.15) is 5.10 Å². The minimum Gasteiger partial charge on any atom is -0.340 e. The second-order valence-corrected chi connectivity index (χ2v) is 4.57. The van der Waals surface area contributed by atoms with Crippen molar-refractivity contribution in [3.8, 4) is 0 Å². The van der Waals surface area contributed by atoms with Crippen LogP contribution in [-0.2, 0) is 0 Å². The summed E-state index contributed by atoms with van der Waals surface area (Å²) in [5, 5.41) is 9.22. The number of halogens is 2. The van der Waals surface area contributed by atoms with Crippen molar-refractivity contribution in [3.63, 3.8) is 0 Å². The Labute approximate surface area is 117 Å². The average molecular weight is 294 g/mol. The lowest BCUT2D eigenvalue weighted by Gasteiger charge is -2.07. The first kappa shape index (κ1) is 12.6. The summed E-state index contributed by atoms with van der Waals surface area (Å²) in [4.78, 5) is 15.7. The molecule has 2 heterocycles. The van der Waals surface area contributed by atoms with Crippen LogP contribution in [0, 0.1) is 12.7 Å². The lowest BCUT2D eigenvalue weighted by molar-refractivity contribution is 0.628. The highest BCUT2D eigenvalue weighted by Crippen LogP contribution is 2.22. The lowest BCUT2D eigenvalue weighted by atomic mass is 10.3. The molecule has 2 aromatic heterocycles. The number of rotatable bonds is 2. The molecule has 0 spiro atoms. The summed E-state index contributed by atoms with van der Waals surface area (Å²) < 4.78 is 14.4. The molecule has 2 N–H and O–H groups in total. The number of hydrogen-bond acceptors (Lipinski definition) is 4. The molecule has 0 aliphatic heterocycles. The fourth-order valence-corrected chi connectivity index (χ4v) is 2.06. The summed E-state index contributed by atoms with van der Waals surface area (Å²) in [6, 6.07) is 5.85. The van der Waals surface area contributed by atoms with Gasteiger partial charge in [-0.3, -0.25) is 0 Å². The molecule has 3 rings (SSSR count). The molecular weight excluding hydrogens is 285 g/mol. The van der Waals surface area contributed by atoms with Gasteiger partial charge < -0.3 is 5.32 Å². The zero-order chi connectivity index (χ0) is 14.3. The van der Waals surface area contributed by atoms with Crippen molar-refractivity contribution in [1.29, 1.82) is 0 Å². The summed E-state index contributed by atoms with van der Waals surface area (Å²) in [5.74, 6) is 0.476. The van der Waals surface area contributed by atoms with Crippen LogP contribution in [-0.4, -0.2) is 19.6 Å². The van der Waals surface area contributed by atoms with Gasteiger partial charge in [-0.15, -0.1) is 0 Å². The summed E-state index contributed by atoms with van der Waals surface area (Å²) in [6.45, 7) is 1.69. The largest absolute Gasteiger partial charge is 0.349 e. The number of hydrogen-bond donors (Lipinski definition) is 2. The van der Waals surface area contributed by atoms with E-state index in [1.165, 1.54) is 16.5 Å². The molecule has 102 valence electrons. The van der Waals surface area contributed by atoms with Gasteiger partial charge in [-0.1, -0.05) is 11.6 Å². The summed E-state index contributed by atoms with van der Waals surface area (Å²) in [6.07, 6.45) is 0. The molecule has 0 amide bonds. The molecule has 0 fully saturated rings. The van der Waals surface area contributed by atoms with Crippen LogP contribution in [0.15, 0.2) is 29.1 Å². The van der Waals surface area contributed by atoms with Crippen LogP contribution in [0.2, 0.25) is 5.02 Å². The van der Waals surface area contributed by atoms with Gasteiger partial charge in [0.25, 0.3) is 0 Å². The van der Waals surface area contributed by atoms with Crippen molar-refractivity contribution in [3.05, 3.63) is 51.4 Å². The van der Waals surface area contributed by atoms with Crippen LogP contribution >= 0.6 is 11.6 Å². The van der Waals surface area contributed by atoms with Crippen molar-refractivity contribution in [2.45, 2.75) is 6.92 Å². The second kappa shape index (κ2) is 4.61. The molecule has 8 heteroatoms. The Morgan fingerprint density at radius 2 is 2.20 bits per heavy atom. The van der Waals surface area contributed by atoms with Gasteiger partial charge in [0.15, 0.2) is 5.65 Å². The molecule has 0 saturated carbocycles. The van der Waals surface area contributed by atoms with E-state index >= 15 is 0 Å². The minimum atomic E-state index is -0.490. The molecule has 0 radical (unpaired) electrons. The van der Waals surface area contributed by atoms with Gasteiger partial charge in [0.05, 0.1) is 5.02 Å². The van der Waals surface area contributed by atoms with Gasteiger partial charge in [0, 0.05) is 11.8 Å². The second-order valence-electron chi connectivity index (χ2n) is 4.16. The maximum absolute atomic E-state index is 13.1. The first-order valence-corrected chi connectivity index (χ1v) is 6.09. The van der Waals surface area contributed by atoms with Crippen molar-refractivity contribution in [1.82, 2.24) is 19.6 Å². The Morgan fingerprint density at radius 3 is 2.95 bits per heavy atom. The van der Waals surface area contributed by atoms with E-state index in [0.717, 1.165) is 0 Å². The maximum atomic E-state index is 13.1. The highest BCUT2D eigenvalue weighted by atomic mass is 35.5. The van der Waals surface area contributed by atoms with Gasteiger partial charge in [-0.25, -0.2) is 23.7 Å². The van der Waals surface area contributed by atoms with Crippen LogP contribution in [0.1, 0.15) is 5.82 Å². The lowest BCUT2D eigenvalue weighted by Crippen LogP contribution is -2.13. The van der Waals surface area contributed by atoms with Crippen LogP contribution < -0.4 is 11.0 Å². The van der Waals surface area contributed by atoms with Crippen LogP contribution in [0.3, 0.4) is 0 Å². The van der Waals surface area contributed by atoms with E-state index in [-0.39, 0.29) is 10.7 Å². The third-order valence-corrected chi connectivity index (χ3v) is 3.05. The fraction of sp³-hybridized carbons (Fsp3) is 0.0833. The molecule has 0 saturated heterocycles. The molecule has 6 nitrogen and oxygen atoms in total. The van der Waals surface area contributed by atoms with Crippen molar-refractivity contribution < 1.29 is 4.39 Å². The van der Waals surface area contributed by atoms with E-state index < -0.39 is 5.82 Å². The van der Waals surface area contributed by atoms with E-state index in [2.05, 4.69) is 20.5 Å². The molecule has 0 unspecified atom stereocenters. The van der Waals surface area contributed by atoms with E-state index in [4.69, 9.17) is 11.6 Å². The standard InChI is InChI=1S/C12H9ClFN5O/c1-6-15-10(5-11-17-18-12(20)19(6)11)16-7-2-3-9(14)8(13)4-7/h2-5,16H,1H3,(H,18,20). The zero-order valence-corrected chi connectivity index (χ0v) is 11.1. The number of H-pyrrole nitrogens is 1. The highest BCUT2D eigenvalue weighted by molar-refractivity contribution is 6.31. The molecular formula is C12H9ClFN5O. The molecule has 0 bridgehead atoms. The Balaban J connectivity index is 2.02. The predicted molar refractivity (Wildman–Crippen MR) is 73.0 cm³/mol. The fourth-order valence-electron chi connectivity index (χ4n) is 1.88. The number of aromatic nitrogens is 4. The monoisotopic (exact) mass is 293 g/mol. The van der Waals surface area contributed by atoms with Gasteiger partial charge in [0.1, 0.15) is 17.5 Å². The Kier molecular flexibility index (Phi) is 2.90. The van der Waals surface area contributed by atoms with Gasteiger partial charge >= 0.3 is 5.69 Å². The smallest absolute Gasteiger partial charge is 0.340 e. The predicted octanol–water partition coefficient (Wildman–Crippen LogP) is 2.26. The van der Waals surface area contributed by atoms with Crippen molar-refractivity contribution in [2.75, 3.05) is 5.32 Å². The van der Waals surface area contributed by atoms with E-state index in [1.807, 2.05) is 0 Å². The van der Waals surface area contributed by atoms with E-state index in [1.54, 1.807) is 19.1 Å². The van der Waals surface area contributed by atoms with Crippen molar-refractivity contribution in [2.24, 2.45) is 0 Å². The van der Waals surface area contributed by atoms with Gasteiger partial charge in [-0.05, 0) is 25.1 Å². The Hall–Kier alpha value is -2.41. The molecule has 20 heavy (non-hydrogen) atoms. The zero-order valence-electron chi connectivity index (χ0n) is 10.3. The quantitative estimate of drug-likeness (QED) is 0.760. The summed E-state index contributed by atoms with van der Waals surface area (Å²) >= 11 is 5.71. The van der Waals surface area contributed by atoms with E-state index in [0.29, 0.717) is 23.0 Å². The number of nitrogens with zero attached hydrogens (tertiary/aromatic N) is 3. The first-order valence-electron chi connectivity index (χ1n) is 5.71. The summed E-state index contributed by atoms with van der Waals surface area (Å²) in [5.41, 5.74) is 0.685. The summed E-state index contributed by atoms with van der Waals surface area (Å²) in [7, 11) is 0. The first-order chi connectivity index (χ1) is 9.54. The number of benzene rings is 1. The third kappa shape index (κ3) is 2.12. The van der Waals surface area contributed by atoms with E-state index in [9.17, 15) is 9.18 Å². The topological polar surface area (TPSA) is 75.1 Å². The minimum absolute atomic E-state index is 0.0174. The molecule has 1 aromatic carbocycles. The number of aryl methyl sites for hydroxylation is 1. The molecule has 0 atom stereocenters. The normalized spacial score (nSPS) is 10.9. The van der Waals surface area contributed by atoms with Gasteiger partial charge in [0.2, 0.25) is 0 Å². The number of nitrogens with one attached hydrogen (secondary N) is 2. The molecule has 0 aliphatic rings. The number of fused-ring (bicyclic) bond motifs is 1. The van der Waals surface area contributed by atoms with Crippen LogP contribution in [0.5, 0.6) is 0 Å². The highest BCUT2D eigenvalue weighted by Gasteiger charge is 2.08. The molecule has 3 aromatic rings. The SMILES string of the molecule is Cc1nc(Nc2ccc(F)c(Cl)c2)cc2n[nH]c(=O)n12. The number of anilines is 2. The average Bonchev–Trinajstić information content (AvgIpc) is 2.76. The van der Waals surface area contributed by atoms with Crippen LogP contribution in [0.25, 0.3) is 5.65 Å². The van der Waals surface area contributed by atoms with Crippen molar-refractivity contribution >= 4 is 28.8 Å². The van der Waals surface area contributed by atoms with Crippen LogP contribution in [0.4, 0.5) is 15.9 Å². The Bertz CT molecular complexity index is 857. The maximum Gasteiger partial charge on any atom is 0.349 e. The molecule has 0 aliphatic carbocycles. The third-order valence-electron chi connectivity index (χ3n) is 2.76.